The average Bonchev–Trinajstić information content (AvgIpc) is 2.45. The highest BCUT2D eigenvalue weighted by atomic mass is 19.1. The first-order chi connectivity index (χ1) is 10.3. The molecule has 0 saturated carbocycles. The minimum absolute atomic E-state index is 0.0950. The molecule has 116 valence electrons. The van der Waals surface area contributed by atoms with Crippen LogP contribution in [0.4, 0.5) is 10.1 Å². The Morgan fingerprint density at radius 3 is 2.32 bits per heavy atom. The highest BCUT2D eigenvalue weighted by Crippen LogP contribution is 2.22. The second kappa shape index (κ2) is 6.30. The highest BCUT2D eigenvalue weighted by Gasteiger charge is 2.16. The molecule has 0 aromatic heterocycles. The quantitative estimate of drug-likeness (QED) is 0.805. The maximum atomic E-state index is 13.0. The zero-order valence-electron chi connectivity index (χ0n) is 13.6. The van der Waals surface area contributed by atoms with E-state index in [2.05, 4.69) is 20.8 Å². The Labute approximate surface area is 131 Å². The predicted octanol–water partition coefficient (Wildman–Crippen LogP) is 4.69. The fourth-order valence-electron chi connectivity index (χ4n) is 2.40. The lowest BCUT2D eigenvalue weighted by Gasteiger charge is -2.20. The Balaban J connectivity index is 2.22. The molecule has 2 rings (SSSR count). The van der Waals surface area contributed by atoms with E-state index in [1.807, 2.05) is 24.3 Å². The number of amides is 1. The molecule has 0 atom stereocenters. The number of hydrogen-bond acceptors (Lipinski definition) is 1. The molecule has 2 aromatic rings. The van der Waals surface area contributed by atoms with E-state index < -0.39 is 0 Å². The average molecular weight is 299 g/mol. The third kappa shape index (κ3) is 4.17. The zero-order chi connectivity index (χ0) is 16.3. The normalized spacial score (nSPS) is 11.3. The molecule has 0 bridgehead atoms. The van der Waals surface area contributed by atoms with Gasteiger partial charge < -0.3 is 4.90 Å². The summed E-state index contributed by atoms with van der Waals surface area (Å²) < 4.78 is 13.0. The number of hydrogen-bond donors (Lipinski definition) is 0. The number of rotatable bonds is 3. The molecule has 1 amide bonds. The smallest absolute Gasteiger partial charge is 0.258 e. The Morgan fingerprint density at radius 2 is 1.73 bits per heavy atom. The molecule has 0 aliphatic rings. The van der Waals surface area contributed by atoms with Gasteiger partial charge in [-0.3, -0.25) is 4.79 Å². The Hall–Kier alpha value is -2.16. The Morgan fingerprint density at radius 1 is 1.09 bits per heavy atom. The SMILES string of the molecule is CN(C(=O)c1cccc(CC(C)(C)C)c1)c1ccc(F)cc1. The van der Waals surface area contributed by atoms with Crippen molar-refractivity contribution in [3.05, 3.63) is 65.5 Å². The van der Waals surface area contributed by atoms with Crippen LogP contribution in [-0.4, -0.2) is 13.0 Å². The van der Waals surface area contributed by atoms with E-state index in [1.54, 1.807) is 19.2 Å². The molecular weight excluding hydrogens is 277 g/mol. The first-order valence-corrected chi connectivity index (χ1v) is 7.39. The molecule has 0 fully saturated rings. The maximum absolute atomic E-state index is 13.0. The number of carbonyl (C=O) groups is 1. The summed E-state index contributed by atoms with van der Waals surface area (Å²) in [4.78, 5) is 14.1. The molecule has 22 heavy (non-hydrogen) atoms. The summed E-state index contributed by atoms with van der Waals surface area (Å²) in [6.45, 7) is 6.52. The highest BCUT2D eigenvalue weighted by molar-refractivity contribution is 6.05. The molecular formula is C19H22FNO. The lowest BCUT2D eigenvalue weighted by atomic mass is 9.87. The molecule has 0 N–H and O–H groups in total. The van der Waals surface area contributed by atoms with Crippen LogP contribution in [0.5, 0.6) is 0 Å². The number of anilines is 1. The van der Waals surface area contributed by atoms with Gasteiger partial charge in [0.2, 0.25) is 0 Å². The number of halogens is 1. The van der Waals surface area contributed by atoms with Crippen molar-refractivity contribution in [2.45, 2.75) is 27.2 Å². The van der Waals surface area contributed by atoms with Crippen LogP contribution < -0.4 is 4.90 Å². The Bertz CT molecular complexity index is 656. The monoisotopic (exact) mass is 299 g/mol. The van der Waals surface area contributed by atoms with Gasteiger partial charge in [-0.25, -0.2) is 4.39 Å². The molecule has 3 heteroatoms. The lowest BCUT2D eigenvalue weighted by molar-refractivity contribution is 0.0993. The molecule has 0 heterocycles. The van der Waals surface area contributed by atoms with E-state index in [-0.39, 0.29) is 17.1 Å². The summed E-state index contributed by atoms with van der Waals surface area (Å²) in [7, 11) is 1.70. The predicted molar refractivity (Wildman–Crippen MR) is 88.7 cm³/mol. The van der Waals surface area contributed by atoms with Crippen LogP contribution in [0.25, 0.3) is 0 Å². The number of carbonyl (C=O) groups excluding carboxylic acids is 1. The van der Waals surface area contributed by atoms with E-state index in [0.29, 0.717) is 11.3 Å². The van der Waals surface area contributed by atoms with Crippen molar-refractivity contribution in [1.82, 2.24) is 0 Å². The molecule has 0 aliphatic heterocycles. The Kier molecular flexibility index (Phi) is 4.65. The summed E-state index contributed by atoms with van der Waals surface area (Å²) in [6, 6.07) is 13.6. The molecule has 2 nitrogen and oxygen atoms in total. The molecule has 0 saturated heterocycles. The third-order valence-electron chi connectivity index (χ3n) is 3.43. The van der Waals surface area contributed by atoms with Gasteiger partial charge in [0, 0.05) is 18.3 Å². The number of benzene rings is 2. The molecule has 2 aromatic carbocycles. The molecule has 0 aliphatic carbocycles. The van der Waals surface area contributed by atoms with Crippen LogP contribution in [0.2, 0.25) is 0 Å². The van der Waals surface area contributed by atoms with Gasteiger partial charge in [-0.1, -0.05) is 32.9 Å². The van der Waals surface area contributed by atoms with E-state index in [0.717, 1.165) is 12.0 Å². The fourth-order valence-corrected chi connectivity index (χ4v) is 2.40. The third-order valence-corrected chi connectivity index (χ3v) is 3.43. The van der Waals surface area contributed by atoms with Crippen molar-refractivity contribution >= 4 is 11.6 Å². The van der Waals surface area contributed by atoms with Gasteiger partial charge in [0.25, 0.3) is 5.91 Å². The van der Waals surface area contributed by atoms with E-state index in [1.165, 1.54) is 17.0 Å². The van der Waals surface area contributed by atoms with Crippen molar-refractivity contribution in [1.29, 1.82) is 0 Å². The van der Waals surface area contributed by atoms with Gasteiger partial charge in [0.15, 0.2) is 0 Å². The number of nitrogens with zero attached hydrogens (tertiary/aromatic N) is 1. The zero-order valence-corrected chi connectivity index (χ0v) is 13.6. The first-order valence-electron chi connectivity index (χ1n) is 7.39. The van der Waals surface area contributed by atoms with E-state index in [9.17, 15) is 9.18 Å². The largest absolute Gasteiger partial charge is 0.311 e. The van der Waals surface area contributed by atoms with Crippen molar-refractivity contribution < 1.29 is 9.18 Å². The van der Waals surface area contributed by atoms with Crippen LogP contribution in [0, 0.1) is 11.2 Å². The van der Waals surface area contributed by atoms with Crippen LogP contribution in [0.3, 0.4) is 0 Å². The van der Waals surface area contributed by atoms with Crippen molar-refractivity contribution in [2.24, 2.45) is 5.41 Å². The fraction of sp³-hybridized carbons (Fsp3) is 0.316. The van der Waals surface area contributed by atoms with Gasteiger partial charge >= 0.3 is 0 Å². The second-order valence-corrected chi connectivity index (χ2v) is 6.78. The summed E-state index contributed by atoms with van der Waals surface area (Å²) in [5.41, 5.74) is 2.64. The molecule has 0 unspecified atom stereocenters. The summed E-state index contributed by atoms with van der Waals surface area (Å²) >= 11 is 0. The van der Waals surface area contributed by atoms with Crippen LogP contribution in [0.15, 0.2) is 48.5 Å². The molecule has 0 radical (unpaired) electrons. The summed E-state index contributed by atoms with van der Waals surface area (Å²) in [5, 5.41) is 0. The van der Waals surface area contributed by atoms with Gasteiger partial charge in [0.1, 0.15) is 5.82 Å². The van der Waals surface area contributed by atoms with Crippen molar-refractivity contribution in [3.8, 4) is 0 Å². The molecule has 0 spiro atoms. The van der Waals surface area contributed by atoms with E-state index >= 15 is 0 Å². The topological polar surface area (TPSA) is 20.3 Å². The van der Waals surface area contributed by atoms with Crippen LogP contribution >= 0.6 is 0 Å². The van der Waals surface area contributed by atoms with Gasteiger partial charge in [-0.15, -0.1) is 0 Å². The van der Waals surface area contributed by atoms with E-state index in [4.69, 9.17) is 0 Å². The van der Waals surface area contributed by atoms with Crippen LogP contribution in [-0.2, 0) is 6.42 Å². The summed E-state index contributed by atoms with van der Waals surface area (Å²) in [5.74, 6) is -0.404. The van der Waals surface area contributed by atoms with Crippen LogP contribution in [0.1, 0.15) is 36.7 Å². The van der Waals surface area contributed by atoms with Crippen molar-refractivity contribution in [3.63, 3.8) is 0 Å². The minimum atomic E-state index is -0.309. The van der Waals surface area contributed by atoms with Gasteiger partial charge in [-0.2, -0.15) is 0 Å². The summed E-state index contributed by atoms with van der Waals surface area (Å²) in [6.07, 6.45) is 0.911. The maximum Gasteiger partial charge on any atom is 0.258 e. The second-order valence-electron chi connectivity index (χ2n) is 6.78. The lowest BCUT2D eigenvalue weighted by Crippen LogP contribution is -2.26. The van der Waals surface area contributed by atoms with Gasteiger partial charge in [0.05, 0.1) is 0 Å². The standard InChI is InChI=1S/C19H22FNO/c1-19(2,3)13-14-6-5-7-15(12-14)18(22)21(4)17-10-8-16(20)9-11-17/h5-12H,13H2,1-4H3. The minimum Gasteiger partial charge on any atom is -0.311 e. The van der Waals surface area contributed by atoms with Gasteiger partial charge in [-0.05, 0) is 53.8 Å². The first kappa shape index (κ1) is 16.2. The van der Waals surface area contributed by atoms with Crippen molar-refractivity contribution in [2.75, 3.05) is 11.9 Å².